The number of guanidine groups is 1. The van der Waals surface area contributed by atoms with Gasteiger partial charge in [-0.2, -0.15) is 0 Å². The molecule has 0 aromatic carbocycles. The summed E-state index contributed by atoms with van der Waals surface area (Å²) in [4.78, 5) is 10.2. The predicted molar refractivity (Wildman–Crippen MR) is 86.2 cm³/mol. The molecular formula is C15H26N4S. The number of aromatic nitrogens is 1. The Balaban J connectivity index is 1.90. The maximum absolute atomic E-state index is 4.69. The van der Waals surface area contributed by atoms with Gasteiger partial charge in [0.25, 0.3) is 0 Å². The lowest BCUT2D eigenvalue weighted by molar-refractivity contribution is 0.329. The van der Waals surface area contributed by atoms with Crippen LogP contribution in [0.2, 0.25) is 0 Å². The predicted octanol–water partition coefficient (Wildman–Crippen LogP) is 3.09. The average Bonchev–Trinajstić information content (AvgIpc) is 2.84. The highest BCUT2D eigenvalue weighted by molar-refractivity contribution is 7.09. The molecule has 1 aromatic rings. The second kappa shape index (κ2) is 7.62. The smallest absolute Gasteiger partial charge is 0.191 e. The molecular weight excluding hydrogens is 268 g/mol. The van der Waals surface area contributed by atoms with Crippen molar-refractivity contribution in [2.45, 2.75) is 59.0 Å². The molecule has 1 aliphatic carbocycles. The van der Waals surface area contributed by atoms with E-state index in [9.17, 15) is 0 Å². The fourth-order valence-corrected chi connectivity index (χ4v) is 3.25. The summed E-state index contributed by atoms with van der Waals surface area (Å²) in [5.74, 6) is 1.83. The second-order valence-corrected chi connectivity index (χ2v) is 6.60. The average molecular weight is 294 g/mol. The van der Waals surface area contributed by atoms with Gasteiger partial charge in [-0.15, -0.1) is 11.3 Å². The summed E-state index contributed by atoms with van der Waals surface area (Å²) in [6.07, 6.45) is 5.16. The van der Waals surface area contributed by atoms with Crippen molar-refractivity contribution in [3.05, 3.63) is 16.1 Å². The van der Waals surface area contributed by atoms with Gasteiger partial charge in [-0.25, -0.2) is 9.98 Å². The molecule has 0 bridgehead atoms. The van der Waals surface area contributed by atoms with Gasteiger partial charge in [0.05, 0.1) is 17.7 Å². The number of nitrogens with one attached hydrogen (secondary N) is 2. The Morgan fingerprint density at radius 1 is 1.40 bits per heavy atom. The van der Waals surface area contributed by atoms with Crippen molar-refractivity contribution in [1.82, 2.24) is 15.6 Å². The maximum Gasteiger partial charge on any atom is 0.191 e. The van der Waals surface area contributed by atoms with Gasteiger partial charge in [-0.05, 0) is 45.4 Å². The van der Waals surface area contributed by atoms with Crippen LogP contribution in [0.3, 0.4) is 0 Å². The topological polar surface area (TPSA) is 49.3 Å². The summed E-state index contributed by atoms with van der Waals surface area (Å²) in [7, 11) is 0. The highest BCUT2D eigenvalue weighted by Crippen LogP contribution is 2.23. The van der Waals surface area contributed by atoms with Gasteiger partial charge >= 0.3 is 0 Å². The molecule has 0 unspecified atom stereocenters. The van der Waals surface area contributed by atoms with E-state index in [0.29, 0.717) is 6.04 Å². The van der Waals surface area contributed by atoms with E-state index in [2.05, 4.69) is 29.5 Å². The Morgan fingerprint density at radius 3 is 2.75 bits per heavy atom. The second-order valence-electron chi connectivity index (χ2n) is 5.66. The molecule has 1 saturated carbocycles. The molecule has 0 saturated heterocycles. The van der Waals surface area contributed by atoms with E-state index in [1.54, 1.807) is 11.3 Å². The van der Waals surface area contributed by atoms with Gasteiger partial charge in [-0.1, -0.05) is 6.92 Å². The molecule has 0 aliphatic heterocycles. The molecule has 1 aromatic heterocycles. The fraction of sp³-hybridized carbons (Fsp3) is 0.733. The van der Waals surface area contributed by atoms with Crippen molar-refractivity contribution in [3.63, 3.8) is 0 Å². The van der Waals surface area contributed by atoms with Crippen LogP contribution in [0.5, 0.6) is 0 Å². The third-order valence-corrected chi connectivity index (χ3v) is 4.85. The molecule has 2 N–H and O–H groups in total. The molecule has 0 amide bonds. The first kappa shape index (κ1) is 15.3. The standard InChI is InChI=1S/C15H26N4S/c1-4-16-15(17-9-14-12(3)18-10-20-14)19-13-7-5-11(2)6-8-13/h10-11,13H,4-9H2,1-3H3,(H2,16,17,19). The number of thiazole rings is 1. The summed E-state index contributed by atoms with van der Waals surface area (Å²) >= 11 is 1.68. The van der Waals surface area contributed by atoms with Crippen LogP contribution in [0, 0.1) is 12.8 Å². The van der Waals surface area contributed by atoms with Gasteiger partial charge in [0.15, 0.2) is 5.96 Å². The van der Waals surface area contributed by atoms with Gasteiger partial charge < -0.3 is 10.6 Å². The van der Waals surface area contributed by atoms with Crippen LogP contribution in [-0.2, 0) is 6.54 Å². The Kier molecular flexibility index (Phi) is 5.83. The first-order valence-electron chi connectivity index (χ1n) is 7.62. The first-order valence-corrected chi connectivity index (χ1v) is 8.50. The lowest BCUT2D eigenvalue weighted by Crippen LogP contribution is -2.44. The largest absolute Gasteiger partial charge is 0.357 e. The Morgan fingerprint density at radius 2 is 2.15 bits per heavy atom. The molecule has 0 spiro atoms. The Hall–Kier alpha value is -1.10. The zero-order valence-corrected chi connectivity index (χ0v) is 13.6. The van der Waals surface area contributed by atoms with E-state index in [1.807, 2.05) is 12.4 Å². The van der Waals surface area contributed by atoms with Crippen LogP contribution in [0.4, 0.5) is 0 Å². The summed E-state index contributed by atoms with van der Waals surface area (Å²) in [5, 5.41) is 6.93. The molecule has 1 aliphatic rings. The van der Waals surface area contributed by atoms with Crippen molar-refractivity contribution in [1.29, 1.82) is 0 Å². The fourth-order valence-electron chi connectivity index (χ4n) is 2.55. The normalized spacial score (nSPS) is 23.6. The lowest BCUT2D eigenvalue weighted by Gasteiger charge is -2.28. The molecule has 1 fully saturated rings. The number of rotatable bonds is 4. The van der Waals surface area contributed by atoms with E-state index < -0.39 is 0 Å². The summed E-state index contributed by atoms with van der Waals surface area (Å²) < 4.78 is 0. The number of aryl methyl sites for hydroxylation is 1. The highest BCUT2D eigenvalue weighted by Gasteiger charge is 2.18. The van der Waals surface area contributed by atoms with Gasteiger partial charge in [-0.3, -0.25) is 0 Å². The summed E-state index contributed by atoms with van der Waals surface area (Å²) in [6, 6.07) is 0.576. The van der Waals surface area contributed by atoms with Crippen molar-refractivity contribution in [2.75, 3.05) is 6.54 Å². The van der Waals surface area contributed by atoms with Crippen LogP contribution in [0.25, 0.3) is 0 Å². The van der Waals surface area contributed by atoms with Gasteiger partial charge in [0.2, 0.25) is 0 Å². The third kappa shape index (κ3) is 4.47. The number of nitrogens with zero attached hydrogens (tertiary/aromatic N) is 2. The van der Waals surface area contributed by atoms with Gasteiger partial charge in [0, 0.05) is 17.5 Å². The van der Waals surface area contributed by atoms with Crippen molar-refractivity contribution in [3.8, 4) is 0 Å². The zero-order valence-electron chi connectivity index (χ0n) is 12.8. The van der Waals surface area contributed by atoms with Crippen LogP contribution in [0.15, 0.2) is 10.5 Å². The zero-order chi connectivity index (χ0) is 14.4. The molecule has 4 nitrogen and oxygen atoms in total. The van der Waals surface area contributed by atoms with Crippen LogP contribution >= 0.6 is 11.3 Å². The molecule has 2 rings (SSSR count). The van der Waals surface area contributed by atoms with Crippen molar-refractivity contribution >= 4 is 17.3 Å². The monoisotopic (exact) mass is 294 g/mol. The minimum Gasteiger partial charge on any atom is -0.357 e. The summed E-state index contributed by atoms with van der Waals surface area (Å²) in [6.45, 7) is 8.12. The van der Waals surface area contributed by atoms with E-state index in [-0.39, 0.29) is 0 Å². The molecule has 112 valence electrons. The van der Waals surface area contributed by atoms with E-state index in [0.717, 1.165) is 30.7 Å². The minimum absolute atomic E-state index is 0.576. The quantitative estimate of drug-likeness (QED) is 0.663. The van der Waals surface area contributed by atoms with Crippen LogP contribution in [-0.4, -0.2) is 23.5 Å². The molecule has 5 heteroatoms. The van der Waals surface area contributed by atoms with Crippen molar-refractivity contribution < 1.29 is 0 Å². The van der Waals surface area contributed by atoms with E-state index in [1.165, 1.54) is 30.6 Å². The lowest BCUT2D eigenvalue weighted by atomic mass is 9.87. The van der Waals surface area contributed by atoms with Gasteiger partial charge in [0.1, 0.15) is 0 Å². The third-order valence-electron chi connectivity index (χ3n) is 3.93. The van der Waals surface area contributed by atoms with Crippen LogP contribution < -0.4 is 10.6 Å². The van der Waals surface area contributed by atoms with Crippen molar-refractivity contribution in [2.24, 2.45) is 10.9 Å². The SMILES string of the molecule is CCNC(=NCc1scnc1C)NC1CCC(C)CC1. The minimum atomic E-state index is 0.576. The van der Waals surface area contributed by atoms with Crippen LogP contribution in [0.1, 0.15) is 50.1 Å². The molecule has 1 heterocycles. The number of aliphatic imine (C=N–C) groups is 1. The summed E-state index contributed by atoms with van der Waals surface area (Å²) in [5.41, 5.74) is 2.99. The Bertz CT molecular complexity index is 433. The molecule has 20 heavy (non-hydrogen) atoms. The number of hydrogen-bond donors (Lipinski definition) is 2. The molecule has 0 radical (unpaired) electrons. The Labute approximate surface area is 126 Å². The highest BCUT2D eigenvalue weighted by atomic mass is 32.1. The molecule has 0 atom stereocenters. The number of hydrogen-bond acceptors (Lipinski definition) is 3. The van der Waals surface area contributed by atoms with E-state index >= 15 is 0 Å². The first-order chi connectivity index (χ1) is 9.69. The van der Waals surface area contributed by atoms with E-state index in [4.69, 9.17) is 4.99 Å². The maximum atomic E-state index is 4.69.